The molecular formula is C24H25BrN6O4S. The monoisotopic (exact) mass is 572 g/mol. The Labute approximate surface area is 220 Å². The molecule has 0 spiro atoms. The first-order valence-corrected chi connectivity index (χ1v) is 13.3. The van der Waals surface area contributed by atoms with Crippen molar-refractivity contribution in [2.24, 2.45) is 0 Å². The van der Waals surface area contributed by atoms with E-state index in [1.54, 1.807) is 25.4 Å². The minimum Gasteiger partial charge on any atom is -0.481 e. The van der Waals surface area contributed by atoms with Crippen LogP contribution in [0.4, 0.5) is 5.82 Å². The number of hydrogen-bond acceptors (Lipinski definition) is 9. The maximum Gasteiger partial charge on any atom is 0.271 e. The number of amides is 2. The van der Waals surface area contributed by atoms with Gasteiger partial charge in [0.05, 0.1) is 39.4 Å². The lowest BCUT2D eigenvalue weighted by Gasteiger charge is -2.33. The quantitative estimate of drug-likeness (QED) is 0.408. The predicted molar refractivity (Wildman–Crippen MR) is 139 cm³/mol. The van der Waals surface area contributed by atoms with Crippen molar-refractivity contribution in [3.05, 3.63) is 46.2 Å². The number of aromatic nitrogens is 3. The van der Waals surface area contributed by atoms with Crippen LogP contribution in [0, 0.1) is 0 Å². The standard InChI is InChI=1S/C24H25BrN6O4S/c1-35-20-3-2-16-21(29-20)14(4-7-26-16)17(32)11-31-8-5-13(6-9-31)27-24(34)22-15(25)10-18-23(30-22)28-19(33)12-36-18/h2-4,7,10,13,17,32H,5-6,8-9,11-12H2,1H3,(H,27,34)(H,28,30,33)/t17-/m0/s1. The molecule has 5 heterocycles. The van der Waals surface area contributed by atoms with Gasteiger partial charge in [-0.05, 0) is 47.0 Å². The first kappa shape index (κ1) is 24.9. The van der Waals surface area contributed by atoms with Gasteiger partial charge in [0.15, 0.2) is 0 Å². The highest BCUT2D eigenvalue weighted by Gasteiger charge is 2.26. The van der Waals surface area contributed by atoms with Crippen LogP contribution in [-0.2, 0) is 4.79 Å². The number of ether oxygens (including phenoxy) is 1. The summed E-state index contributed by atoms with van der Waals surface area (Å²) in [5.74, 6) is 0.821. The number of carbonyl (C=O) groups is 2. The largest absolute Gasteiger partial charge is 0.481 e. The summed E-state index contributed by atoms with van der Waals surface area (Å²) in [5, 5.41) is 16.8. The highest BCUT2D eigenvalue weighted by atomic mass is 79.9. The van der Waals surface area contributed by atoms with Gasteiger partial charge in [-0.3, -0.25) is 14.6 Å². The molecule has 1 fully saturated rings. The third-order valence-electron chi connectivity index (χ3n) is 6.28. The number of likely N-dealkylation sites (tertiary alicyclic amines) is 1. The summed E-state index contributed by atoms with van der Waals surface area (Å²) in [7, 11) is 1.56. The lowest BCUT2D eigenvalue weighted by atomic mass is 10.0. The molecule has 2 amide bonds. The number of anilines is 1. The van der Waals surface area contributed by atoms with Crippen LogP contribution in [0.5, 0.6) is 5.88 Å². The average Bonchev–Trinajstić information content (AvgIpc) is 2.88. The fraction of sp³-hybridized carbons (Fsp3) is 0.375. The molecule has 0 saturated carbocycles. The molecule has 0 aliphatic carbocycles. The zero-order valence-electron chi connectivity index (χ0n) is 19.5. The van der Waals surface area contributed by atoms with Crippen LogP contribution < -0.4 is 15.4 Å². The molecule has 188 valence electrons. The van der Waals surface area contributed by atoms with Gasteiger partial charge in [0.1, 0.15) is 11.5 Å². The molecule has 1 atom stereocenters. The molecule has 0 radical (unpaired) electrons. The zero-order chi connectivity index (χ0) is 25.2. The summed E-state index contributed by atoms with van der Waals surface area (Å²) in [6.45, 7) is 1.91. The van der Waals surface area contributed by atoms with Crippen molar-refractivity contribution in [1.29, 1.82) is 0 Å². The summed E-state index contributed by atoms with van der Waals surface area (Å²) in [4.78, 5) is 40.8. The molecule has 2 aliphatic heterocycles. The maximum atomic E-state index is 12.9. The fourth-order valence-electron chi connectivity index (χ4n) is 4.41. The van der Waals surface area contributed by atoms with Crippen LogP contribution in [0.2, 0.25) is 0 Å². The Hall–Kier alpha value is -2.80. The van der Waals surface area contributed by atoms with Crippen molar-refractivity contribution < 1.29 is 19.4 Å². The second-order valence-electron chi connectivity index (χ2n) is 8.69. The van der Waals surface area contributed by atoms with Gasteiger partial charge in [0.25, 0.3) is 5.91 Å². The minimum atomic E-state index is -0.732. The second kappa shape index (κ2) is 10.7. The summed E-state index contributed by atoms with van der Waals surface area (Å²) in [5.41, 5.74) is 2.29. The normalized spacial score (nSPS) is 17.4. The van der Waals surface area contributed by atoms with Gasteiger partial charge in [0.2, 0.25) is 11.8 Å². The minimum absolute atomic E-state index is 0.00715. The van der Waals surface area contributed by atoms with E-state index in [-0.39, 0.29) is 23.6 Å². The number of pyridine rings is 3. The van der Waals surface area contributed by atoms with Crippen LogP contribution in [0.3, 0.4) is 0 Å². The number of aliphatic hydroxyl groups excluding tert-OH is 1. The Kier molecular flexibility index (Phi) is 7.37. The van der Waals surface area contributed by atoms with E-state index in [1.807, 2.05) is 12.1 Å². The van der Waals surface area contributed by atoms with Gasteiger partial charge in [-0.25, -0.2) is 9.97 Å². The fourth-order valence-corrected chi connectivity index (χ4v) is 5.85. The Morgan fingerprint density at radius 1 is 1.33 bits per heavy atom. The Morgan fingerprint density at radius 3 is 2.92 bits per heavy atom. The number of thioether (sulfide) groups is 1. The topological polar surface area (TPSA) is 130 Å². The number of hydrogen-bond donors (Lipinski definition) is 3. The van der Waals surface area contributed by atoms with E-state index in [1.165, 1.54) is 11.8 Å². The molecule has 0 unspecified atom stereocenters. The number of carbonyl (C=O) groups excluding carboxylic acids is 2. The molecule has 36 heavy (non-hydrogen) atoms. The molecular weight excluding hydrogens is 548 g/mol. The highest BCUT2D eigenvalue weighted by molar-refractivity contribution is 9.10. The summed E-state index contributed by atoms with van der Waals surface area (Å²) < 4.78 is 5.82. The van der Waals surface area contributed by atoms with E-state index in [0.29, 0.717) is 45.1 Å². The number of nitrogens with zero attached hydrogens (tertiary/aromatic N) is 4. The maximum absolute atomic E-state index is 12.9. The van der Waals surface area contributed by atoms with Gasteiger partial charge in [-0.1, -0.05) is 0 Å². The third-order valence-corrected chi connectivity index (χ3v) is 7.92. The first-order valence-electron chi connectivity index (χ1n) is 11.6. The summed E-state index contributed by atoms with van der Waals surface area (Å²) in [6.07, 6.45) is 2.44. The van der Waals surface area contributed by atoms with Gasteiger partial charge in [-0.15, -0.1) is 11.8 Å². The molecule has 0 bridgehead atoms. The number of rotatable bonds is 6. The van der Waals surface area contributed by atoms with E-state index in [0.717, 1.165) is 30.8 Å². The lowest BCUT2D eigenvalue weighted by Crippen LogP contribution is -2.45. The summed E-state index contributed by atoms with van der Waals surface area (Å²) >= 11 is 4.83. The first-order chi connectivity index (χ1) is 17.4. The van der Waals surface area contributed by atoms with Crippen molar-refractivity contribution in [3.8, 4) is 5.88 Å². The summed E-state index contributed by atoms with van der Waals surface area (Å²) in [6, 6.07) is 7.17. The molecule has 3 N–H and O–H groups in total. The Balaban J connectivity index is 1.19. The number of nitrogens with one attached hydrogen (secondary N) is 2. The van der Waals surface area contributed by atoms with E-state index in [4.69, 9.17) is 4.74 Å². The van der Waals surface area contributed by atoms with Gasteiger partial charge >= 0.3 is 0 Å². The van der Waals surface area contributed by atoms with E-state index in [9.17, 15) is 14.7 Å². The molecule has 3 aromatic rings. The van der Waals surface area contributed by atoms with Gasteiger partial charge in [0, 0.05) is 43.5 Å². The van der Waals surface area contributed by atoms with Crippen molar-refractivity contribution in [2.45, 2.75) is 29.9 Å². The van der Waals surface area contributed by atoms with Crippen LogP contribution in [0.15, 0.2) is 39.8 Å². The predicted octanol–water partition coefficient (Wildman–Crippen LogP) is 2.77. The Bertz CT molecular complexity index is 1320. The average molecular weight is 573 g/mol. The second-order valence-corrected chi connectivity index (χ2v) is 10.6. The number of piperidine rings is 1. The molecule has 5 rings (SSSR count). The van der Waals surface area contributed by atoms with E-state index >= 15 is 0 Å². The highest BCUT2D eigenvalue weighted by Crippen LogP contribution is 2.33. The van der Waals surface area contributed by atoms with E-state index < -0.39 is 6.10 Å². The number of β-amino-alcohol motifs (C(OH)–C–C–N with tert-alkyl or cyclic N) is 1. The van der Waals surface area contributed by atoms with Gasteiger partial charge < -0.3 is 25.4 Å². The zero-order valence-corrected chi connectivity index (χ0v) is 21.9. The third kappa shape index (κ3) is 5.31. The number of methoxy groups -OCH3 is 1. The SMILES string of the molecule is COc1ccc2nccc([C@@H](O)CN3CCC(NC(=O)c4nc5c(cc4Br)SCC(=O)N5)CC3)c2n1. The smallest absolute Gasteiger partial charge is 0.271 e. The molecule has 12 heteroatoms. The molecule has 2 aliphatic rings. The van der Waals surface area contributed by atoms with Gasteiger partial charge in [-0.2, -0.15) is 0 Å². The van der Waals surface area contributed by atoms with Crippen LogP contribution in [-0.4, -0.2) is 75.3 Å². The number of aliphatic hydroxyl groups is 1. The number of halogens is 1. The van der Waals surface area contributed by atoms with Crippen LogP contribution in [0.25, 0.3) is 11.0 Å². The van der Waals surface area contributed by atoms with E-state index in [2.05, 4.69) is 46.4 Å². The molecule has 3 aromatic heterocycles. The van der Waals surface area contributed by atoms with Crippen molar-refractivity contribution >= 4 is 56.4 Å². The van der Waals surface area contributed by atoms with Crippen LogP contribution >= 0.6 is 27.7 Å². The molecule has 0 aromatic carbocycles. The lowest BCUT2D eigenvalue weighted by molar-refractivity contribution is -0.113. The molecule has 1 saturated heterocycles. The van der Waals surface area contributed by atoms with Crippen molar-refractivity contribution in [3.63, 3.8) is 0 Å². The van der Waals surface area contributed by atoms with Crippen molar-refractivity contribution in [1.82, 2.24) is 25.2 Å². The Morgan fingerprint density at radius 2 is 2.14 bits per heavy atom. The van der Waals surface area contributed by atoms with Crippen LogP contribution in [0.1, 0.15) is 35.0 Å². The molecule has 10 nitrogen and oxygen atoms in total. The number of fused-ring (bicyclic) bond motifs is 2. The van der Waals surface area contributed by atoms with Crippen molar-refractivity contribution in [2.75, 3.05) is 37.8 Å².